The van der Waals surface area contributed by atoms with Gasteiger partial charge in [0.25, 0.3) is 7.82 Å². The van der Waals surface area contributed by atoms with E-state index in [4.69, 9.17) is 13.8 Å². The van der Waals surface area contributed by atoms with E-state index in [0.29, 0.717) is 17.4 Å². The summed E-state index contributed by atoms with van der Waals surface area (Å²) in [5.41, 5.74) is 0. The minimum atomic E-state index is -4.70. The van der Waals surface area contributed by atoms with Crippen LogP contribution in [0.1, 0.15) is 380 Å². The van der Waals surface area contributed by atoms with Gasteiger partial charge in [-0.2, -0.15) is 0 Å². The van der Waals surface area contributed by atoms with Crippen LogP contribution in [0, 0.1) is 0 Å². The lowest BCUT2D eigenvalue weighted by Gasteiger charge is -2.30. The Morgan fingerprint density at radius 1 is 0.410 bits per heavy atom. The zero-order chi connectivity index (χ0) is 60.7. The number of hydrogen-bond donors (Lipinski definition) is 1. The molecule has 0 saturated heterocycles. The smallest absolute Gasteiger partial charge is 0.306 e. The van der Waals surface area contributed by atoms with E-state index in [0.717, 1.165) is 57.8 Å². The quantitative estimate of drug-likeness (QED) is 0.0212. The summed E-state index contributed by atoms with van der Waals surface area (Å²) in [6, 6.07) is -0.883. The Morgan fingerprint density at radius 2 is 0.699 bits per heavy atom. The highest BCUT2D eigenvalue weighted by Gasteiger charge is 2.27. The molecule has 0 aliphatic carbocycles. The zero-order valence-corrected chi connectivity index (χ0v) is 57.3. The number of unbranched alkanes of at least 4 members (excludes halogenated alkanes) is 50. The van der Waals surface area contributed by atoms with Crippen LogP contribution in [-0.4, -0.2) is 69.4 Å². The molecule has 0 rings (SSSR count). The lowest BCUT2D eigenvalue weighted by molar-refractivity contribution is -0.870. The number of phosphoric acid groups is 1. The van der Waals surface area contributed by atoms with E-state index in [1.54, 1.807) is 0 Å². The average molecular weight is 1190 g/mol. The molecule has 492 valence electrons. The van der Waals surface area contributed by atoms with Gasteiger partial charge in [0.05, 0.1) is 33.8 Å². The SMILES string of the molecule is CCCCCCCC/C=C/CCCCCCCCCCCCCCCCCCCC(=O)NC(COP(=O)([O-])OCC[N+](C)(C)C)C(/C=C\CCCCCCCCCCCCC)OC(=O)CCCCCCCCCCCCCCCCCCC. The van der Waals surface area contributed by atoms with Crippen LogP contribution >= 0.6 is 7.82 Å². The fraction of sp³-hybridized carbons (Fsp3) is 0.918. The number of rotatable bonds is 68. The topological polar surface area (TPSA) is 114 Å². The Bertz CT molecular complexity index is 1470. The standard InChI is InChI=1S/C73H143N2O7P/c1-7-10-13-16-19-22-25-28-30-32-33-34-35-36-37-38-39-40-41-43-44-47-50-53-56-59-62-65-72(76)74-70(69-81-83(78,79)80-68-67-75(4,5)6)71(64-61-58-55-52-49-46-27-24-21-18-15-12-9-3)82-73(77)66-63-60-57-54-51-48-45-42-31-29-26-23-20-17-14-11-8-2/h28,30,61,64,70-71H,7-27,29,31-60,62-63,65-69H2,1-6H3,(H-,74,76,78,79)/b30-28+,64-61-. The average Bonchev–Trinajstić information content (AvgIpc) is 3.47. The Labute approximate surface area is 517 Å². The molecule has 0 aromatic heterocycles. The van der Waals surface area contributed by atoms with Crippen LogP contribution in [0.5, 0.6) is 0 Å². The first-order valence-corrected chi connectivity index (χ1v) is 38.1. The van der Waals surface area contributed by atoms with Gasteiger partial charge >= 0.3 is 5.97 Å². The van der Waals surface area contributed by atoms with E-state index >= 15 is 0 Å². The fourth-order valence-corrected chi connectivity index (χ4v) is 12.0. The van der Waals surface area contributed by atoms with Gasteiger partial charge in [-0.25, -0.2) is 0 Å². The Hall–Kier alpha value is -1.51. The van der Waals surface area contributed by atoms with Crippen LogP contribution < -0.4 is 10.2 Å². The molecule has 0 aromatic rings. The molecule has 0 saturated carbocycles. The highest BCUT2D eigenvalue weighted by atomic mass is 31.2. The summed E-state index contributed by atoms with van der Waals surface area (Å²) in [5.74, 6) is -0.515. The lowest BCUT2D eigenvalue weighted by atomic mass is 10.0. The highest BCUT2D eigenvalue weighted by Crippen LogP contribution is 2.38. The van der Waals surface area contributed by atoms with Crippen molar-refractivity contribution in [1.29, 1.82) is 0 Å². The molecule has 0 aromatic carbocycles. The van der Waals surface area contributed by atoms with Crippen molar-refractivity contribution in [1.82, 2.24) is 5.32 Å². The third-order valence-electron chi connectivity index (χ3n) is 16.9. The molecule has 10 heteroatoms. The normalized spacial score (nSPS) is 13.6. The predicted molar refractivity (Wildman–Crippen MR) is 358 cm³/mol. The number of carbonyl (C=O) groups excluding carboxylic acids is 2. The van der Waals surface area contributed by atoms with E-state index in [-0.39, 0.29) is 31.5 Å². The van der Waals surface area contributed by atoms with Crippen LogP contribution in [-0.2, 0) is 27.9 Å². The molecule has 0 bridgehead atoms. The predicted octanol–water partition coefficient (Wildman–Crippen LogP) is 22.6. The Morgan fingerprint density at radius 3 is 1.02 bits per heavy atom. The van der Waals surface area contributed by atoms with Crippen LogP contribution in [0.3, 0.4) is 0 Å². The van der Waals surface area contributed by atoms with Crippen molar-refractivity contribution in [2.75, 3.05) is 40.9 Å². The zero-order valence-electron chi connectivity index (χ0n) is 56.4. The maximum atomic E-state index is 13.6. The third kappa shape index (κ3) is 64.8. The van der Waals surface area contributed by atoms with Gasteiger partial charge in [-0.15, -0.1) is 0 Å². The van der Waals surface area contributed by atoms with Gasteiger partial charge in [-0.3, -0.25) is 14.2 Å². The fourth-order valence-electron chi connectivity index (χ4n) is 11.2. The van der Waals surface area contributed by atoms with Gasteiger partial charge in [-0.1, -0.05) is 334 Å². The second-order valence-electron chi connectivity index (χ2n) is 26.5. The summed E-state index contributed by atoms with van der Waals surface area (Å²) >= 11 is 0. The number of allylic oxidation sites excluding steroid dienone is 3. The summed E-state index contributed by atoms with van der Waals surface area (Å²) in [7, 11) is 1.21. The van der Waals surface area contributed by atoms with Crippen molar-refractivity contribution in [3.8, 4) is 0 Å². The van der Waals surface area contributed by atoms with Crippen LogP contribution in [0.15, 0.2) is 24.3 Å². The molecule has 3 atom stereocenters. The van der Waals surface area contributed by atoms with E-state index in [1.165, 1.54) is 289 Å². The van der Waals surface area contributed by atoms with Gasteiger partial charge in [0.2, 0.25) is 5.91 Å². The minimum Gasteiger partial charge on any atom is -0.756 e. The summed E-state index contributed by atoms with van der Waals surface area (Å²) in [6.07, 6.45) is 77.3. The number of esters is 1. The molecule has 3 unspecified atom stereocenters. The molecule has 9 nitrogen and oxygen atoms in total. The van der Waals surface area contributed by atoms with Gasteiger partial charge < -0.3 is 28.5 Å². The van der Waals surface area contributed by atoms with Crippen molar-refractivity contribution in [3.05, 3.63) is 24.3 Å². The molecule has 0 aliphatic rings. The van der Waals surface area contributed by atoms with Crippen LogP contribution in [0.2, 0.25) is 0 Å². The summed E-state index contributed by atoms with van der Waals surface area (Å²) in [5, 5.41) is 3.05. The number of nitrogens with zero attached hydrogens (tertiary/aromatic N) is 1. The van der Waals surface area contributed by atoms with E-state index < -0.39 is 20.0 Å². The van der Waals surface area contributed by atoms with Crippen LogP contribution in [0.25, 0.3) is 0 Å². The Balaban J connectivity index is 4.98. The number of likely N-dealkylation sites (N-methyl/N-ethyl adjacent to an activating group) is 1. The molecule has 0 spiro atoms. The molecule has 0 aliphatic heterocycles. The first-order chi connectivity index (χ1) is 40.4. The number of amides is 1. The molecule has 0 radical (unpaired) electrons. The maximum absolute atomic E-state index is 13.6. The number of nitrogens with one attached hydrogen (secondary N) is 1. The number of carbonyl (C=O) groups is 2. The molecular formula is C73H143N2O7P. The summed E-state index contributed by atoms with van der Waals surface area (Å²) in [4.78, 5) is 40.2. The Kier molecular flexibility index (Phi) is 62.4. The van der Waals surface area contributed by atoms with Crippen molar-refractivity contribution in [3.63, 3.8) is 0 Å². The second kappa shape index (κ2) is 63.5. The van der Waals surface area contributed by atoms with Gasteiger partial charge in [0.1, 0.15) is 19.3 Å². The lowest BCUT2D eigenvalue weighted by Crippen LogP contribution is -2.47. The van der Waals surface area contributed by atoms with Gasteiger partial charge in [0.15, 0.2) is 0 Å². The first kappa shape index (κ1) is 81.5. The maximum Gasteiger partial charge on any atom is 0.306 e. The van der Waals surface area contributed by atoms with Gasteiger partial charge in [-0.05, 0) is 57.4 Å². The molecule has 1 amide bonds. The first-order valence-electron chi connectivity index (χ1n) is 36.6. The third-order valence-corrected chi connectivity index (χ3v) is 17.8. The molecular weight excluding hydrogens is 1050 g/mol. The second-order valence-corrected chi connectivity index (χ2v) is 27.9. The number of ether oxygens (including phenoxy) is 1. The van der Waals surface area contributed by atoms with E-state index in [2.05, 4.69) is 38.2 Å². The largest absolute Gasteiger partial charge is 0.756 e. The van der Waals surface area contributed by atoms with Gasteiger partial charge in [0, 0.05) is 12.8 Å². The summed E-state index contributed by atoms with van der Waals surface area (Å²) in [6.45, 7) is 6.91. The van der Waals surface area contributed by atoms with Crippen LogP contribution in [0.4, 0.5) is 0 Å². The highest BCUT2D eigenvalue weighted by molar-refractivity contribution is 7.45. The van der Waals surface area contributed by atoms with E-state index in [9.17, 15) is 19.0 Å². The number of quaternary nitrogens is 1. The van der Waals surface area contributed by atoms with Crippen molar-refractivity contribution in [2.24, 2.45) is 0 Å². The van der Waals surface area contributed by atoms with Crippen molar-refractivity contribution < 1.29 is 37.3 Å². The molecule has 83 heavy (non-hydrogen) atoms. The van der Waals surface area contributed by atoms with Crippen molar-refractivity contribution in [2.45, 2.75) is 392 Å². The number of phosphoric ester groups is 1. The molecule has 0 heterocycles. The van der Waals surface area contributed by atoms with E-state index in [1.807, 2.05) is 33.3 Å². The molecule has 0 fully saturated rings. The number of hydrogen-bond acceptors (Lipinski definition) is 7. The minimum absolute atomic E-state index is 0.0175. The van der Waals surface area contributed by atoms with Crippen molar-refractivity contribution >= 4 is 19.7 Å². The summed E-state index contributed by atoms with van der Waals surface area (Å²) < 4.78 is 30.5. The molecule has 1 N–H and O–H groups in total. The monoisotopic (exact) mass is 1190 g/mol.